The summed E-state index contributed by atoms with van der Waals surface area (Å²) in [6.07, 6.45) is 1.95. The lowest BCUT2D eigenvalue weighted by atomic mass is 10.3. The topological polar surface area (TPSA) is 91.5 Å². The molecular weight excluding hydrogens is 372 g/mol. The molecule has 0 unspecified atom stereocenters. The van der Waals surface area contributed by atoms with Crippen LogP contribution in [0, 0.1) is 0 Å². The first-order valence-corrected chi connectivity index (χ1v) is 10.1. The lowest BCUT2D eigenvalue weighted by Gasteiger charge is -2.11. The summed E-state index contributed by atoms with van der Waals surface area (Å²) >= 11 is 1.66. The number of aromatic nitrogens is 4. The second kappa shape index (κ2) is 8.66. The van der Waals surface area contributed by atoms with Crippen molar-refractivity contribution >= 4 is 38.3 Å². The molecule has 0 saturated carbocycles. The second-order valence-electron chi connectivity index (χ2n) is 6.08. The van der Waals surface area contributed by atoms with Crippen molar-refractivity contribution in [3.63, 3.8) is 0 Å². The number of pyridine rings is 1. The Morgan fingerprint density at radius 2 is 1.96 bits per heavy atom. The van der Waals surface area contributed by atoms with Crippen molar-refractivity contribution in [2.45, 2.75) is 13.5 Å². The highest BCUT2D eigenvalue weighted by molar-refractivity contribution is 7.22. The number of aliphatic imine (C=N–C) groups is 1. The van der Waals surface area contributed by atoms with Crippen molar-refractivity contribution in [3.05, 3.63) is 54.5 Å². The first-order chi connectivity index (χ1) is 13.8. The van der Waals surface area contributed by atoms with Crippen LogP contribution in [-0.4, -0.2) is 45.2 Å². The smallest absolute Gasteiger partial charge is 0.191 e. The van der Waals surface area contributed by atoms with Gasteiger partial charge in [-0.25, -0.2) is 9.98 Å². The number of hydrogen-bond donors (Lipinski definition) is 3. The summed E-state index contributed by atoms with van der Waals surface area (Å²) in [6.45, 7) is 4.76. The molecule has 0 spiro atoms. The highest BCUT2D eigenvalue weighted by Crippen LogP contribution is 2.24. The van der Waals surface area contributed by atoms with Crippen molar-refractivity contribution in [2.24, 2.45) is 4.99 Å². The number of hydrogen-bond acceptors (Lipinski definition) is 6. The van der Waals surface area contributed by atoms with E-state index >= 15 is 0 Å². The Hall–Kier alpha value is -3.20. The molecule has 0 aliphatic heterocycles. The average molecular weight is 395 g/mol. The zero-order chi connectivity index (χ0) is 19.2. The zero-order valence-corrected chi connectivity index (χ0v) is 16.4. The number of fused-ring (bicyclic) bond motifs is 2. The van der Waals surface area contributed by atoms with Crippen LogP contribution in [0.1, 0.15) is 12.7 Å². The van der Waals surface area contributed by atoms with Gasteiger partial charge in [-0.3, -0.25) is 4.40 Å². The molecule has 3 heterocycles. The van der Waals surface area contributed by atoms with E-state index in [1.807, 2.05) is 53.9 Å². The van der Waals surface area contributed by atoms with Crippen LogP contribution in [-0.2, 0) is 6.54 Å². The fraction of sp³-hybridized carbons (Fsp3) is 0.263. The van der Waals surface area contributed by atoms with Gasteiger partial charge >= 0.3 is 0 Å². The molecule has 0 saturated heterocycles. The molecule has 1 aromatic carbocycles. The zero-order valence-electron chi connectivity index (χ0n) is 15.6. The molecule has 4 rings (SSSR count). The molecule has 9 heteroatoms. The monoisotopic (exact) mass is 394 g/mol. The van der Waals surface area contributed by atoms with Gasteiger partial charge in [-0.2, -0.15) is 0 Å². The van der Waals surface area contributed by atoms with Crippen LogP contribution >= 0.6 is 11.3 Å². The van der Waals surface area contributed by atoms with E-state index < -0.39 is 0 Å². The summed E-state index contributed by atoms with van der Waals surface area (Å²) in [4.78, 5) is 9.20. The summed E-state index contributed by atoms with van der Waals surface area (Å²) in [5.41, 5.74) is 1.85. The minimum Gasteiger partial charge on any atom is -0.360 e. The fourth-order valence-electron chi connectivity index (χ4n) is 2.79. The second-order valence-corrected chi connectivity index (χ2v) is 7.11. The van der Waals surface area contributed by atoms with Crippen molar-refractivity contribution in [3.8, 4) is 0 Å². The Morgan fingerprint density at radius 3 is 2.86 bits per heavy atom. The number of anilines is 1. The molecule has 8 nitrogen and oxygen atoms in total. The SMILES string of the molecule is CCNC(=NCc1nnc2ccccn12)NCCNc1nc2ccccc2s1. The van der Waals surface area contributed by atoms with E-state index in [-0.39, 0.29) is 0 Å². The largest absolute Gasteiger partial charge is 0.360 e. The Bertz CT molecular complexity index is 1050. The van der Waals surface area contributed by atoms with Crippen molar-refractivity contribution in [2.75, 3.05) is 25.0 Å². The molecule has 28 heavy (non-hydrogen) atoms. The molecule has 0 atom stereocenters. The van der Waals surface area contributed by atoms with E-state index in [2.05, 4.69) is 42.2 Å². The van der Waals surface area contributed by atoms with Crippen molar-refractivity contribution in [1.29, 1.82) is 0 Å². The predicted octanol–water partition coefficient (Wildman–Crippen LogP) is 2.51. The van der Waals surface area contributed by atoms with Crippen molar-refractivity contribution < 1.29 is 0 Å². The third kappa shape index (κ3) is 4.20. The maximum Gasteiger partial charge on any atom is 0.191 e. The van der Waals surface area contributed by atoms with E-state index in [4.69, 9.17) is 0 Å². The highest BCUT2D eigenvalue weighted by Gasteiger charge is 2.05. The van der Waals surface area contributed by atoms with Crippen LogP contribution in [0.25, 0.3) is 15.9 Å². The van der Waals surface area contributed by atoms with Gasteiger partial charge in [-0.05, 0) is 31.2 Å². The van der Waals surface area contributed by atoms with Gasteiger partial charge in [-0.15, -0.1) is 10.2 Å². The quantitative estimate of drug-likeness (QED) is 0.253. The van der Waals surface area contributed by atoms with E-state index in [1.54, 1.807) is 11.3 Å². The molecule has 3 N–H and O–H groups in total. The van der Waals surface area contributed by atoms with Crippen LogP contribution in [0.15, 0.2) is 53.7 Å². The van der Waals surface area contributed by atoms with Crippen LogP contribution in [0.2, 0.25) is 0 Å². The van der Waals surface area contributed by atoms with Gasteiger partial charge in [0, 0.05) is 25.8 Å². The van der Waals surface area contributed by atoms with Gasteiger partial charge in [0.25, 0.3) is 0 Å². The average Bonchev–Trinajstić information content (AvgIpc) is 3.33. The summed E-state index contributed by atoms with van der Waals surface area (Å²) < 4.78 is 3.13. The minimum absolute atomic E-state index is 0.450. The molecule has 144 valence electrons. The number of thiazole rings is 1. The first-order valence-electron chi connectivity index (χ1n) is 9.24. The third-order valence-corrected chi connectivity index (χ3v) is 5.09. The van der Waals surface area contributed by atoms with Gasteiger partial charge in [0.15, 0.2) is 22.6 Å². The minimum atomic E-state index is 0.450. The number of nitrogens with zero attached hydrogens (tertiary/aromatic N) is 5. The van der Waals surface area contributed by atoms with E-state index in [0.717, 1.165) is 47.7 Å². The summed E-state index contributed by atoms with van der Waals surface area (Å²) in [6, 6.07) is 14.0. The lowest BCUT2D eigenvalue weighted by molar-refractivity contribution is 0.802. The molecule has 0 amide bonds. The Balaban J connectivity index is 1.32. The standard InChI is InChI=1S/C19H22N8S/c1-2-20-18(23-13-17-26-25-16-9-5-6-12-27(16)17)21-10-11-22-19-24-14-7-3-4-8-15(14)28-19/h3-9,12H,2,10-11,13H2,1H3,(H,22,24)(H2,20,21,23). The fourth-order valence-corrected chi connectivity index (χ4v) is 3.68. The van der Waals surface area contributed by atoms with E-state index in [9.17, 15) is 0 Å². The van der Waals surface area contributed by atoms with Gasteiger partial charge < -0.3 is 16.0 Å². The van der Waals surface area contributed by atoms with Gasteiger partial charge in [0.2, 0.25) is 0 Å². The third-order valence-electron chi connectivity index (χ3n) is 4.09. The normalized spacial score (nSPS) is 11.8. The van der Waals surface area contributed by atoms with Crippen LogP contribution < -0.4 is 16.0 Å². The first kappa shape index (κ1) is 18.2. The molecule has 0 aliphatic carbocycles. The number of rotatable bonds is 7. The maximum atomic E-state index is 4.62. The predicted molar refractivity (Wildman–Crippen MR) is 114 cm³/mol. The van der Waals surface area contributed by atoms with Crippen LogP contribution in [0.4, 0.5) is 5.13 Å². The Morgan fingerprint density at radius 1 is 1.07 bits per heavy atom. The molecule has 0 radical (unpaired) electrons. The molecule has 0 bridgehead atoms. The Labute approximate surface area is 166 Å². The van der Waals surface area contributed by atoms with Crippen LogP contribution in [0.5, 0.6) is 0 Å². The van der Waals surface area contributed by atoms with Gasteiger partial charge in [0.1, 0.15) is 6.54 Å². The van der Waals surface area contributed by atoms with Gasteiger partial charge in [-0.1, -0.05) is 29.5 Å². The molecule has 4 aromatic rings. The van der Waals surface area contributed by atoms with Gasteiger partial charge in [0.05, 0.1) is 10.2 Å². The Kier molecular flexibility index (Phi) is 5.62. The van der Waals surface area contributed by atoms with Crippen LogP contribution in [0.3, 0.4) is 0 Å². The van der Waals surface area contributed by atoms with Crippen molar-refractivity contribution in [1.82, 2.24) is 30.2 Å². The molecule has 0 aliphatic rings. The molecular formula is C19H22N8S. The number of nitrogens with one attached hydrogen (secondary N) is 3. The summed E-state index contributed by atoms with van der Waals surface area (Å²) in [5, 5.41) is 19.2. The lowest BCUT2D eigenvalue weighted by Crippen LogP contribution is -2.39. The number of benzene rings is 1. The van der Waals surface area contributed by atoms with E-state index in [0.29, 0.717) is 6.54 Å². The maximum absolute atomic E-state index is 4.62. The number of guanidine groups is 1. The summed E-state index contributed by atoms with van der Waals surface area (Å²) in [7, 11) is 0. The molecule has 3 aromatic heterocycles. The summed E-state index contributed by atoms with van der Waals surface area (Å²) in [5.74, 6) is 1.56. The highest BCUT2D eigenvalue weighted by atomic mass is 32.1. The number of para-hydroxylation sites is 1. The molecule has 0 fully saturated rings. The van der Waals surface area contributed by atoms with E-state index in [1.165, 1.54) is 4.70 Å².